The van der Waals surface area contributed by atoms with Crippen molar-refractivity contribution in [1.82, 2.24) is 10.2 Å². The average Bonchev–Trinajstić information content (AvgIpc) is 2.87. The highest BCUT2D eigenvalue weighted by Crippen LogP contribution is 2.53. The molecular formula is C20H30N2O3. The van der Waals surface area contributed by atoms with Crippen molar-refractivity contribution in [2.45, 2.75) is 45.1 Å². The smallest absolute Gasteiger partial charge is 0.230 e. The summed E-state index contributed by atoms with van der Waals surface area (Å²) in [6, 6.07) is 5.97. The van der Waals surface area contributed by atoms with Gasteiger partial charge in [-0.2, -0.15) is 0 Å². The number of carbonyl (C=O) groups excluding carboxylic acids is 1. The van der Waals surface area contributed by atoms with E-state index in [9.17, 15) is 4.79 Å². The van der Waals surface area contributed by atoms with E-state index in [4.69, 9.17) is 9.47 Å². The second-order valence-electron chi connectivity index (χ2n) is 8.15. The number of nitrogens with zero attached hydrogens (tertiary/aromatic N) is 1. The van der Waals surface area contributed by atoms with Gasteiger partial charge in [-0.15, -0.1) is 0 Å². The topological polar surface area (TPSA) is 50.8 Å². The maximum Gasteiger partial charge on any atom is 0.230 e. The predicted molar refractivity (Wildman–Crippen MR) is 98.3 cm³/mol. The van der Waals surface area contributed by atoms with Gasteiger partial charge in [-0.25, -0.2) is 0 Å². The highest BCUT2D eigenvalue weighted by molar-refractivity contribution is 5.87. The fourth-order valence-corrected chi connectivity index (χ4v) is 4.37. The number of hydrogen-bond donors (Lipinski definition) is 1. The van der Waals surface area contributed by atoms with Crippen LogP contribution in [0.1, 0.15) is 45.1 Å². The Bertz CT molecular complexity index is 645. The van der Waals surface area contributed by atoms with Crippen molar-refractivity contribution in [2.24, 2.45) is 5.41 Å². The number of ether oxygens (including phenoxy) is 2. The SMILES string of the molecule is COc1ccc(C2CN(C(C)(C)C)C(=O)C23CCNCC3)c(OC)c1. The molecule has 0 bridgehead atoms. The first-order valence-electron chi connectivity index (χ1n) is 9.08. The highest BCUT2D eigenvalue weighted by atomic mass is 16.5. The minimum Gasteiger partial charge on any atom is -0.497 e. The summed E-state index contributed by atoms with van der Waals surface area (Å²) in [7, 11) is 3.34. The van der Waals surface area contributed by atoms with Crippen molar-refractivity contribution in [3.63, 3.8) is 0 Å². The molecule has 2 saturated heterocycles. The lowest BCUT2D eigenvalue weighted by atomic mass is 9.68. The Morgan fingerprint density at radius 3 is 2.40 bits per heavy atom. The lowest BCUT2D eigenvalue weighted by molar-refractivity contribution is -0.141. The summed E-state index contributed by atoms with van der Waals surface area (Å²) in [5, 5.41) is 3.41. The van der Waals surface area contributed by atoms with Crippen LogP contribution in [0, 0.1) is 5.41 Å². The average molecular weight is 346 g/mol. The maximum absolute atomic E-state index is 13.5. The molecule has 1 unspecified atom stereocenters. The molecule has 2 aliphatic heterocycles. The van der Waals surface area contributed by atoms with Crippen LogP contribution in [0.4, 0.5) is 0 Å². The Morgan fingerprint density at radius 1 is 1.16 bits per heavy atom. The zero-order valence-corrected chi connectivity index (χ0v) is 16.0. The normalized spacial score (nSPS) is 23.2. The molecule has 0 radical (unpaired) electrons. The van der Waals surface area contributed by atoms with Crippen LogP contribution in [0.25, 0.3) is 0 Å². The van der Waals surface area contributed by atoms with Gasteiger partial charge >= 0.3 is 0 Å². The van der Waals surface area contributed by atoms with Gasteiger partial charge in [-0.3, -0.25) is 4.79 Å². The Hall–Kier alpha value is -1.75. The Balaban J connectivity index is 2.08. The van der Waals surface area contributed by atoms with Crippen molar-refractivity contribution in [2.75, 3.05) is 33.9 Å². The summed E-state index contributed by atoms with van der Waals surface area (Å²) in [5.41, 5.74) is 0.606. The molecule has 25 heavy (non-hydrogen) atoms. The predicted octanol–water partition coefficient (Wildman–Crippen LogP) is 2.80. The molecule has 0 aliphatic carbocycles. The molecule has 1 amide bonds. The van der Waals surface area contributed by atoms with Crippen LogP contribution in [-0.2, 0) is 4.79 Å². The van der Waals surface area contributed by atoms with E-state index in [0.717, 1.165) is 49.5 Å². The van der Waals surface area contributed by atoms with E-state index in [0.29, 0.717) is 5.91 Å². The van der Waals surface area contributed by atoms with E-state index in [1.165, 1.54) is 0 Å². The third-order valence-corrected chi connectivity index (χ3v) is 5.82. The fourth-order valence-electron chi connectivity index (χ4n) is 4.37. The number of hydrogen-bond acceptors (Lipinski definition) is 4. The number of carbonyl (C=O) groups is 1. The molecule has 1 spiro atoms. The maximum atomic E-state index is 13.5. The van der Waals surface area contributed by atoms with Gasteiger partial charge in [0.25, 0.3) is 0 Å². The van der Waals surface area contributed by atoms with Gasteiger partial charge in [0.05, 0.1) is 19.6 Å². The van der Waals surface area contributed by atoms with Crippen LogP contribution in [-0.4, -0.2) is 50.2 Å². The van der Waals surface area contributed by atoms with Gasteiger partial charge in [-0.05, 0) is 52.8 Å². The first-order valence-corrected chi connectivity index (χ1v) is 9.08. The third kappa shape index (κ3) is 2.99. The number of likely N-dealkylation sites (tertiary alicyclic amines) is 1. The monoisotopic (exact) mass is 346 g/mol. The molecule has 138 valence electrons. The molecule has 2 fully saturated rings. The third-order valence-electron chi connectivity index (χ3n) is 5.82. The minimum absolute atomic E-state index is 0.141. The fraction of sp³-hybridized carbons (Fsp3) is 0.650. The minimum atomic E-state index is -0.333. The molecule has 0 saturated carbocycles. The highest BCUT2D eigenvalue weighted by Gasteiger charge is 2.56. The van der Waals surface area contributed by atoms with Crippen molar-refractivity contribution in [3.8, 4) is 11.5 Å². The van der Waals surface area contributed by atoms with Gasteiger partial charge in [0.15, 0.2) is 0 Å². The zero-order chi connectivity index (χ0) is 18.2. The summed E-state index contributed by atoms with van der Waals surface area (Å²) < 4.78 is 11.0. The van der Waals surface area contributed by atoms with E-state index in [2.05, 4.69) is 37.1 Å². The molecule has 2 heterocycles. The van der Waals surface area contributed by atoms with Gasteiger partial charge in [0.1, 0.15) is 11.5 Å². The van der Waals surface area contributed by atoms with Gasteiger partial charge in [-0.1, -0.05) is 6.07 Å². The quantitative estimate of drug-likeness (QED) is 0.914. The Labute approximate surface area is 150 Å². The van der Waals surface area contributed by atoms with Gasteiger partial charge in [0.2, 0.25) is 5.91 Å². The van der Waals surface area contributed by atoms with Crippen molar-refractivity contribution in [3.05, 3.63) is 23.8 Å². The van der Waals surface area contributed by atoms with Crippen LogP contribution in [0.2, 0.25) is 0 Å². The first-order chi connectivity index (χ1) is 11.8. The van der Waals surface area contributed by atoms with Crippen LogP contribution >= 0.6 is 0 Å². The molecule has 2 aliphatic rings. The van der Waals surface area contributed by atoms with Crippen LogP contribution in [0.5, 0.6) is 11.5 Å². The number of methoxy groups -OCH3 is 2. The number of piperidine rings is 1. The molecule has 0 aromatic heterocycles. The van der Waals surface area contributed by atoms with Crippen molar-refractivity contribution in [1.29, 1.82) is 0 Å². The van der Waals surface area contributed by atoms with Crippen LogP contribution in [0.15, 0.2) is 18.2 Å². The Kier molecular flexibility index (Phi) is 4.71. The van der Waals surface area contributed by atoms with Crippen LogP contribution < -0.4 is 14.8 Å². The number of nitrogens with one attached hydrogen (secondary N) is 1. The Morgan fingerprint density at radius 2 is 1.84 bits per heavy atom. The largest absolute Gasteiger partial charge is 0.497 e. The van der Waals surface area contributed by atoms with Gasteiger partial charge in [0, 0.05) is 29.6 Å². The second kappa shape index (κ2) is 6.52. The molecular weight excluding hydrogens is 316 g/mol. The van der Waals surface area contributed by atoms with Crippen LogP contribution in [0.3, 0.4) is 0 Å². The molecule has 1 N–H and O–H groups in total. The molecule has 3 rings (SSSR count). The van der Waals surface area contributed by atoms with E-state index in [1.54, 1.807) is 14.2 Å². The number of benzene rings is 1. The van der Waals surface area contributed by atoms with Gasteiger partial charge < -0.3 is 19.7 Å². The molecule has 5 nitrogen and oxygen atoms in total. The van der Waals surface area contributed by atoms with Crippen molar-refractivity contribution < 1.29 is 14.3 Å². The molecule has 1 atom stereocenters. The van der Waals surface area contributed by atoms with E-state index >= 15 is 0 Å². The number of amides is 1. The van der Waals surface area contributed by atoms with E-state index in [-0.39, 0.29) is 16.9 Å². The zero-order valence-electron chi connectivity index (χ0n) is 16.0. The molecule has 1 aromatic carbocycles. The van der Waals surface area contributed by atoms with E-state index < -0.39 is 0 Å². The standard InChI is InChI=1S/C20H30N2O3/c1-19(2,3)22-13-16(20(18(22)23)8-10-21-11-9-20)15-7-6-14(24-4)12-17(15)25-5/h6-7,12,16,21H,8-11,13H2,1-5H3. The lowest BCUT2D eigenvalue weighted by Crippen LogP contribution is -2.48. The lowest BCUT2D eigenvalue weighted by Gasteiger charge is -2.38. The summed E-state index contributed by atoms with van der Waals surface area (Å²) in [5.74, 6) is 2.02. The van der Waals surface area contributed by atoms with Crippen molar-refractivity contribution >= 4 is 5.91 Å². The first kappa shape index (κ1) is 18.1. The summed E-state index contributed by atoms with van der Waals surface area (Å²) in [6.07, 6.45) is 1.75. The molecule has 1 aromatic rings. The summed E-state index contributed by atoms with van der Waals surface area (Å²) in [4.78, 5) is 15.5. The summed E-state index contributed by atoms with van der Waals surface area (Å²) in [6.45, 7) is 8.87. The second-order valence-corrected chi connectivity index (χ2v) is 8.15. The summed E-state index contributed by atoms with van der Waals surface area (Å²) >= 11 is 0. The number of rotatable bonds is 3. The van der Waals surface area contributed by atoms with E-state index in [1.807, 2.05) is 12.1 Å². The molecule has 5 heteroatoms.